The molecule has 1 aromatic carbocycles. The van der Waals surface area contributed by atoms with Crippen molar-refractivity contribution in [2.45, 2.75) is 37.9 Å². The standard InChI is InChI=1S/C15H19NO4/c1-15(2)19-13-9-18-12(14(13)20-15)8-16-10-4-6-11(17-3)7-5-10/h4-8,12-14H,9H2,1-3H3/t12-,13+,14-/m0/s1. The third kappa shape index (κ3) is 2.70. The van der Waals surface area contributed by atoms with Crippen molar-refractivity contribution in [3.8, 4) is 5.75 Å². The van der Waals surface area contributed by atoms with Crippen molar-refractivity contribution in [3.05, 3.63) is 24.3 Å². The fraction of sp³-hybridized carbons (Fsp3) is 0.533. The van der Waals surface area contributed by atoms with Gasteiger partial charge in [-0.05, 0) is 38.1 Å². The Morgan fingerprint density at radius 1 is 1.25 bits per heavy atom. The van der Waals surface area contributed by atoms with Crippen molar-refractivity contribution in [2.75, 3.05) is 13.7 Å². The molecule has 3 atom stereocenters. The van der Waals surface area contributed by atoms with Crippen molar-refractivity contribution in [1.82, 2.24) is 0 Å². The molecule has 2 aliphatic heterocycles. The number of hydrogen-bond acceptors (Lipinski definition) is 5. The Morgan fingerprint density at radius 3 is 2.70 bits per heavy atom. The molecule has 0 aromatic heterocycles. The summed E-state index contributed by atoms with van der Waals surface area (Å²) >= 11 is 0. The summed E-state index contributed by atoms with van der Waals surface area (Å²) in [6.45, 7) is 4.39. The van der Waals surface area contributed by atoms with Gasteiger partial charge in [-0.2, -0.15) is 0 Å². The molecule has 20 heavy (non-hydrogen) atoms. The lowest BCUT2D eigenvalue weighted by Gasteiger charge is -2.19. The van der Waals surface area contributed by atoms with E-state index in [2.05, 4.69) is 4.99 Å². The number of methoxy groups -OCH3 is 1. The zero-order valence-electron chi connectivity index (χ0n) is 11.9. The van der Waals surface area contributed by atoms with Gasteiger partial charge in [0.05, 0.1) is 19.4 Å². The van der Waals surface area contributed by atoms with Crippen molar-refractivity contribution in [3.63, 3.8) is 0 Å². The molecule has 0 bridgehead atoms. The van der Waals surface area contributed by atoms with Crippen LogP contribution in [0.2, 0.25) is 0 Å². The van der Waals surface area contributed by atoms with Gasteiger partial charge in [-0.3, -0.25) is 4.99 Å². The normalized spacial score (nSPS) is 31.6. The molecule has 2 saturated heterocycles. The molecule has 0 radical (unpaired) electrons. The van der Waals surface area contributed by atoms with E-state index in [9.17, 15) is 0 Å². The molecule has 2 fully saturated rings. The van der Waals surface area contributed by atoms with E-state index in [4.69, 9.17) is 18.9 Å². The summed E-state index contributed by atoms with van der Waals surface area (Å²) < 4.78 is 22.4. The summed E-state index contributed by atoms with van der Waals surface area (Å²) in [6.07, 6.45) is 1.55. The maximum Gasteiger partial charge on any atom is 0.164 e. The van der Waals surface area contributed by atoms with Gasteiger partial charge < -0.3 is 18.9 Å². The summed E-state index contributed by atoms with van der Waals surface area (Å²) in [4.78, 5) is 4.43. The summed E-state index contributed by atoms with van der Waals surface area (Å²) in [6, 6.07) is 7.56. The maximum atomic E-state index is 5.85. The highest BCUT2D eigenvalue weighted by molar-refractivity contribution is 5.69. The number of rotatable bonds is 3. The lowest BCUT2D eigenvalue weighted by molar-refractivity contribution is -0.168. The molecule has 5 nitrogen and oxygen atoms in total. The average molecular weight is 277 g/mol. The van der Waals surface area contributed by atoms with Crippen molar-refractivity contribution >= 4 is 11.9 Å². The molecule has 0 N–H and O–H groups in total. The number of ether oxygens (including phenoxy) is 4. The highest BCUT2D eigenvalue weighted by Gasteiger charge is 2.49. The Bertz CT molecular complexity index is 497. The fourth-order valence-electron chi connectivity index (χ4n) is 2.53. The number of aliphatic imine (C=N–C) groups is 1. The molecule has 3 rings (SSSR count). The van der Waals surface area contributed by atoms with Gasteiger partial charge in [-0.25, -0.2) is 0 Å². The van der Waals surface area contributed by atoms with Gasteiger partial charge in [-0.15, -0.1) is 0 Å². The van der Waals surface area contributed by atoms with Gasteiger partial charge in [0.25, 0.3) is 0 Å². The number of benzene rings is 1. The zero-order chi connectivity index (χ0) is 14.2. The molecule has 1 aromatic rings. The third-order valence-electron chi connectivity index (χ3n) is 3.44. The minimum absolute atomic E-state index is 0.00248. The molecule has 5 heteroatoms. The van der Waals surface area contributed by atoms with Crippen LogP contribution in [0.4, 0.5) is 5.69 Å². The van der Waals surface area contributed by atoms with Crippen LogP contribution in [0.15, 0.2) is 29.3 Å². The molecular weight excluding hydrogens is 258 g/mol. The van der Waals surface area contributed by atoms with E-state index in [-0.39, 0.29) is 18.3 Å². The molecule has 2 heterocycles. The van der Waals surface area contributed by atoms with Crippen molar-refractivity contribution in [2.24, 2.45) is 4.99 Å². The summed E-state index contributed by atoms with van der Waals surface area (Å²) in [5.41, 5.74) is 0.857. The van der Waals surface area contributed by atoms with Crippen LogP contribution in [-0.2, 0) is 14.2 Å². The Morgan fingerprint density at radius 2 is 2.00 bits per heavy atom. The Kier molecular flexibility index (Phi) is 3.50. The first-order valence-corrected chi connectivity index (χ1v) is 6.73. The smallest absolute Gasteiger partial charge is 0.164 e. The van der Waals surface area contributed by atoms with Gasteiger partial charge in [0.1, 0.15) is 24.1 Å². The van der Waals surface area contributed by atoms with Crippen LogP contribution in [0.1, 0.15) is 13.8 Å². The Balaban J connectivity index is 1.67. The molecule has 0 unspecified atom stereocenters. The summed E-state index contributed by atoms with van der Waals surface area (Å²) in [7, 11) is 1.64. The van der Waals surface area contributed by atoms with E-state index in [1.165, 1.54) is 0 Å². The number of nitrogens with zero attached hydrogens (tertiary/aromatic N) is 1. The monoisotopic (exact) mass is 277 g/mol. The van der Waals surface area contributed by atoms with Gasteiger partial charge in [0.2, 0.25) is 0 Å². The minimum Gasteiger partial charge on any atom is -0.497 e. The second-order valence-corrected chi connectivity index (χ2v) is 5.41. The molecule has 2 aliphatic rings. The molecule has 0 amide bonds. The van der Waals surface area contributed by atoms with Crippen LogP contribution in [0.5, 0.6) is 5.75 Å². The summed E-state index contributed by atoms with van der Waals surface area (Å²) in [5, 5.41) is 0. The van der Waals surface area contributed by atoms with E-state index in [0.29, 0.717) is 6.61 Å². The highest BCUT2D eigenvalue weighted by atomic mass is 16.8. The highest BCUT2D eigenvalue weighted by Crippen LogP contribution is 2.34. The van der Waals surface area contributed by atoms with E-state index in [0.717, 1.165) is 11.4 Å². The second-order valence-electron chi connectivity index (χ2n) is 5.41. The van der Waals surface area contributed by atoms with E-state index >= 15 is 0 Å². The molecule has 0 spiro atoms. The van der Waals surface area contributed by atoms with Crippen LogP contribution < -0.4 is 4.74 Å². The first-order valence-electron chi connectivity index (χ1n) is 6.73. The molecule has 0 aliphatic carbocycles. The fourth-order valence-corrected chi connectivity index (χ4v) is 2.53. The predicted octanol–water partition coefficient (Wildman–Crippen LogP) is 2.32. The largest absolute Gasteiger partial charge is 0.497 e. The van der Waals surface area contributed by atoms with Crippen molar-refractivity contribution in [1.29, 1.82) is 0 Å². The SMILES string of the molecule is COc1ccc(N=C[C@@H]2OC[C@H]3OC(C)(C)O[C@@H]23)cc1. The van der Waals surface area contributed by atoms with Crippen LogP contribution in [-0.4, -0.2) is 44.0 Å². The lowest BCUT2D eigenvalue weighted by Crippen LogP contribution is -2.30. The van der Waals surface area contributed by atoms with Gasteiger partial charge in [-0.1, -0.05) is 0 Å². The van der Waals surface area contributed by atoms with E-state index in [1.807, 2.05) is 38.1 Å². The molecule has 108 valence electrons. The zero-order valence-corrected chi connectivity index (χ0v) is 11.9. The second kappa shape index (κ2) is 5.16. The first kappa shape index (κ1) is 13.5. The van der Waals surface area contributed by atoms with Gasteiger partial charge >= 0.3 is 0 Å². The predicted molar refractivity (Wildman–Crippen MR) is 74.7 cm³/mol. The lowest BCUT2D eigenvalue weighted by atomic mass is 10.2. The van der Waals surface area contributed by atoms with Crippen molar-refractivity contribution < 1.29 is 18.9 Å². The van der Waals surface area contributed by atoms with Crippen LogP contribution in [0, 0.1) is 0 Å². The van der Waals surface area contributed by atoms with Crippen LogP contribution in [0.3, 0.4) is 0 Å². The third-order valence-corrected chi connectivity index (χ3v) is 3.44. The quantitative estimate of drug-likeness (QED) is 0.796. The Hall–Kier alpha value is -1.43. The number of hydrogen-bond donors (Lipinski definition) is 0. The summed E-state index contributed by atoms with van der Waals surface area (Å²) in [5.74, 6) is 0.279. The first-order chi connectivity index (χ1) is 9.57. The molecule has 0 saturated carbocycles. The van der Waals surface area contributed by atoms with Gasteiger partial charge in [0, 0.05) is 6.21 Å². The maximum absolute atomic E-state index is 5.85. The average Bonchev–Trinajstić information content (AvgIpc) is 2.92. The van der Waals surface area contributed by atoms with Gasteiger partial charge in [0.15, 0.2) is 5.79 Å². The van der Waals surface area contributed by atoms with E-state index in [1.54, 1.807) is 13.3 Å². The van der Waals surface area contributed by atoms with Crippen LogP contribution >= 0.6 is 0 Å². The Labute approximate surface area is 118 Å². The van der Waals surface area contributed by atoms with E-state index < -0.39 is 5.79 Å². The van der Waals surface area contributed by atoms with Crippen LogP contribution in [0.25, 0.3) is 0 Å². The topological polar surface area (TPSA) is 49.3 Å². The molecular formula is C15H19NO4. The minimum atomic E-state index is -0.536. The number of fused-ring (bicyclic) bond motifs is 1.